The highest BCUT2D eigenvalue weighted by Gasteiger charge is 2.21. The van der Waals surface area contributed by atoms with E-state index in [0.717, 1.165) is 5.57 Å². The third kappa shape index (κ3) is 6.60. The summed E-state index contributed by atoms with van der Waals surface area (Å²) in [4.78, 5) is 25.5. The van der Waals surface area contributed by atoms with Crippen molar-refractivity contribution >= 4 is 12.0 Å². The number of rotatable bonds is 6. The Hall–Kier alpha value is -1.52. The number of carboxylic acid groups (broad SMARTS) is 1. The Balaban J connectivity index is 4.60. The van der Waals surface area contributed by atoms with Crippen molar-refractivity contribution in [2.45, 2.75) is 20.8 Å². The molecule has 0 aromatic rings. The lowest BCUT2D eigenvalue weighted by Crippen LogP contribution is -2.45. The molecule has 0 fully saturated rings. The number of carbonyl (C=O) groups excluding carboxylic acids is 1. The molecule has 0 aliphatic carbocycles. The van der Waals surface area contributed by atoms with Crippen molar-refractivity contribution in [2.75, 3.05) is 26.7 Å². The minimum Gasteiger partial charge on any atom is -0.480 e. The molecule has 0 saturated heterocycles. The summed E-state index contributed by atoms with van der Waals surface area (Å²) in [5.41, 5.74) is 0.862. The van der Waals surface area contributed by atoms with Gasteiger partial charge in [-0.3, -0.25) is 4.79 Å². The van der Waals surface area contributed by atoms with Gasteiger partial charge in [-0.15, -0.1) is 0 Å². The van der Waals surface area contributed by atoms with E-state index >= 15 is 0 Å². The van der Waals surface area contributed by atoms with Gasteiger partial charge in [0.25, 0.3) is 0 Å². The third-order valence-electron chi connectivity index (χ3n) is 2.02. The minimum absolute atomic E-state index is 0.233. The molecule has 0 unspecified atom stereocenters. The van der Waals surface area contributed by atoms with Gasteiger partial charge in [0.1, 0.15) is 6.54 Å². The predicted molar refractivity (Wildman–Crippen MR) is 66.9 cm³/mol. The lowest BCUT2D eigenvalue weighted by Gasteiger charge is -2.28. The lowest BCUT2D eigenvalue weighted by atomic mass is 10.2. The highest BCUT2D eigenvalue weighted by atomic mass is 16.4. The fourth-order valence-electron chi connectivity index (χ4n) is 1.53. The van der Waals surface area contributed by atoms with Gasteiger partial charge in [0, 0.05) is 20.1 Å². The van der Waals surface area contributed by atoms with Crippen LogP contribution in [0.2, 0.25) is 0 Å². The molecule has 0 bridgehead atoms. The number of amides is 2. The Labute approximate surface area is 103 Å². The maximum atomic E-state index is 12.0. The number of hydrogen-bond acceptors (Lipinski definition) is 2. The van der Waals surface area contributed by atoms with Gasteiger partial charge in [-0.25, -0.2) is 4.79 Å². The second-order valence-corrected chi connectivity index (χ2v) is 4.76. The number of likely N-dealkylation sites (N-methyl/N-ethyl adjacent to an activating group) is 1. The van der Waals surface area contributed by atoms with E-state index < -0.39 is 5.97 Å². The summed E-state index contributed by atoms with van der Waals surface area (Å²) in [6, 6.07) is -0.274. The molecule has 1 N–H and O–H groups in total. The van der Waals surface area contributed by atoms with E-state index in [1.165, 1.54) is 9.80 Å². The van der Waals surface area contributed by atoms with E-state index in [0.29, 0.717) is 13.1 Å². The number of urea groups is 1. The highest BCUT2D eigenvalue weighted by molar-refractivity contribution is 5.80. The first-order valence-electron chi connectivity index (χ1n) is 5.60. The van der Waals surface area contributed by atoms with Crippen LogP contribution in [0.1, 0.15) is 20.8 Å². The van der Waals surface area contributed by atoms with Crippen LogP contribution >= 0.6 is 0 Å². The topological polar surface area (TPSA) is 60.9 Å². The van der Waals surface area contributed by atoms with E-state index in [2.05, 4.69) is 6.58 Å². The van der Waals surface area contributed by atoms with E-state index in [1.54, 1.807) is 7.05 Å². The van der Waals surface area contributed by atoms with Crippen LogP contribution in [0.3, 0.4) is 0 Å². The van der Waals surface area contributed by atoms with Crippen LogP contribution in [0.25, 0.3) is 0 Å². The molecule has 0 spiro atoms. The quantitative estimate of drug-likeness (QED) is 0.720. The Morgan fingerprint density at radius 2 is 1.82 bits per heavy atom. The van der Waals surface area contributed by atoms with E-state index in [1.807, 2.05) is 20.8 Å². The Morgan fingerprint density at radius 3 is 2.18 bits per heavy atom. The van der Waals surface area contributed by atoms with Crippen molar-refractivity contribution < 1.29 is 14.7 Å². The summed E-state index contributed by atoms with van der Waals surface area (Å²) in [6.45, 7) is 10.1. The van der Waals surface area contributed by atoms with Crippen LogP contribution in [0, 0.1) is 5.92 Å². The molecule has 17 heavy (non-hydrogen) atoms. The van der Waals surface area contributed by atoms with E-state index in [9.17, 15) is 9.59 Å². The maximum Gasteiger partial charge on any atom is 0.323 e. The maximum absolute atomic E-state index is 12.0. The molecule has 5 nitrogen and oxygen atoms in total. The summed E-state index contributed by atoms with van der Waals surface area (Å²) in [7, 11) is 1.65. The molecule has 0 atom stereocenters. The second kappa shape index (κ2) is 6.93. The first-order chi connectivity index (χ1) is 7.73. The molecular weight excluding hydrogens is 220 g/mol. The molecule has 0 rings (SSSR count). The molecule has 5 heteroatoms. The number of aliphatic carboxylic acids is 1. The predicted octanol–water partition coefficient (Wildman–Crippen LogP) is 1.66. The average molecular weight is 242 g/mol. The Kier molecular flexibility index (Phi) is 6.31. The highest BCUT2D eigenvalue weighted by Crippen LogP contribution is 2.04. The third-order valence-corrected chi connectivity index (χ3v) is 2.02. The monoisotopic (exact) mass is 242 g/mol. The van der Waals surface area contributed by atoms with Crippen molar-refractivity contribution in [1.29, 1.82) is 0 Å². The van der Waals surface area contributed by atoms with E-state index in [-0.39, 0.29) is 18.5 Å². The minimum atomic E-state index is -0.997. The first kappa shape index (κ1) is 15.5. The molecule has 0 aromatic carbocycles. The molecular formula is C12H22N2O3. The van der Waals surface area contributed by atoms with Gasteiger partial charge in [-0.05, 0) is 12.8 Å². The largest absolute Gasteiger partial charge is 0.480 e. The normalized spacial score (nSPS) is 10.2. The summed E-state index contributed by atoms with van der Waals surface area (Å²) >= 11 is 0. The Bertz CT molecular complexity index is 300. The van der Waals surface area contributed by atoms with Gasteiger partial charge in [0.05, 0.1) is 0 Å². The molecule has 0 radical (unpaired) electrons. The van der Waals surface area contributed by atoms with Crippen LogP contribution in [0.5, 0.6) is 0 Å². The van der Waals surface area contributed by atoms with Crippen molar-refractivity contribution in [3.8, 4) is 0 Å². The summed E-state index contributed by atoms with van der Waals surface area (Å²) < 4.78 is 0. The SMILES string of the molecule is C=C(C)CN(C)C(=O)N(CC(=O)O)CC(C)C. The van der Waals surface area contributed by atoms with Gasteiger partial charge < -0.3 is 14.9 Å². The van der Waals surface area contributed by atoms with Gasteiger partial charge in [-0.1, -0.05) is 26.0 Å². The average Bonchev–Trinajstić information content (AvgIpc) is 2.12. The summed E-state index contributed by atoms with van der Waals surface area (Å²) in [5, 5.41) is 8.78. The van der Waals surface area contributed by atoms with Crippen molar-refractivity contribution in [1.82, 2.24) is 9.80 Å². The van der Waals surface area contributed by atoms with Crippen LogP contribution < -0.4 is 0 Å². The number of carboxylic acids is 1. The van der Waals surface area contributed by atoms with Crippen LogP contribution in [0.15, 0.2) is 12.2 Å². The number of hydrogen-bond donors (Lipinski definition) is 1. The van der Waals surface area contributed by atoms with Gasteiger partial charge in [0.2, 0.25) is 0 Å². The number of carbonyl (C=O) groups is 2. The number of nitrogens with zero attached hydrogens (tertiary/aromatic N) is 2. The van der Waals surface area contributed by atoms with Crippen LogP contribution in [0.4, 0.5) is 4.79 Å². The zero-order valence-electron chi connectivity index (χ0n) is 11.1. The van der Waals surface area contributed by atoms with E-state index in [4.69, 9.17) is 5.11 Å². The molecule has 0 heterocycles. The van der Waals surface area contributed by atoms with Crippen molar-refractivity contribution in [3.63, 3.8) is 0 Å². The molecule has 0 aromatic heterocycles. The zero-order chi connectivity index (χ0) is 13.6. The molecule has 2 amide bonds. The summed E-state index contributed by atoms with van der Waals surface area (Å²) in [5.74, 6) is -0.765. The molecule has 98 valence electrons. The zero-order valence-corrected chi connectivity index (χ0v) is 11.1. The smallest absolute Gasteiger partial charge is 0.323 e. The molecule has 0 aliphatic rings. The van der Waals surface area contributed by atoms with Crippen molar-refractivity contribution in [3.05, 3.63) is 12.2 Å². The molecule has 0 aliphatic heterocycles. The fourth-order valence-corrected chi connectivity index (χ4v) is 1.53. The van der Waals surface area contributed by atoms with Crippen LogP contribution in [-0.4, -0.2) is 53.6 Å². The van der Waals surface area contributed by atoms with Gasteiger partial charge >= 0.3 is 12.0 Å². The van der Waals surface area contributed by atoms with Gasteiger partial charge in [0.15, 0.2) is 0 Å². The fraction of sp³-hybridized carbons (Fsp3) is 0.667. The first-order valence-corrected chi connectivity index (χ1v) is 5.60. The second-order valence-electron chi connectivity index (χ2n) is 4.76. The lowest BCUT2D eigenvalue weighted by molar-refractivity contribution is -0.137. The molecule has 0 saturated carbocycles. The Morgan fingerprint density at radius 1 is 1.29 bits per heavy atom. The summed E-state index contributed by atoms with van der Waals surface area (Å²) in [6.07, 6.45) is 0. The van der Waals surface area contributed by atoms with Crippen LogP contribution in [-0.2, 0) is 4.79 Å². The van der Waals surface area contributed by atoms with Gasteiger partial charge in [-0.2, -0.15) is 0 Å². The van der Waals surface area contributed by atoms with Crippen molar-refractivity contribution in [2.24, 2.45) is 5.92 Å². The standard InChI is InChI=1S/C12H22N2O3/c1-9(2)6-13(5)12(17)14(7-10(3)4)8-11(15)16/h10H,1,6-8H2,2-5H3,(H,15,16).